The highest BCUT2D eigenvalue weighted by molar-refractivity contribution is 5.84. The molecule has 4 nitrogen and oxygen atoms in total. The monoisotopic (exact) mass is 377 g/mol. The lowest BCUT2D eigenvalue weighted by atomic mass is 10.0. The number of alkyl halides is 3. The average Bonchev–Trinajstić information content (AvgIpc) is 2.91. The molecule has 2 N–H and O–H groups in total. The van der Waals surface area contributed by atoms with Crippen LogP contribution in [0.2, 0.25) is 0 Å². The van der Waals surface area contributed by atoms with Gasteiger partial charge in [0.25, 0.3) is 0 Å². The molecule has 0 bridgehead atoms. The molecule has 3 aromatic rings. The number of phenols is 1. The Balaban J connectivity index is 1.91. The molecule has 27 heavy (non-hydrogen) atoms. The van der Waals surface area contributed by atoms with Gasteiger partial charge < -0.3 is 14.8 Å². The molecule has 0 saturated heterocycles. The number of furan rings is 1. The normalized spacial score (nSPS) is 11.7. The summed E-state index contributed by atoms with van der Waals surface area (Å²) < 4.78 is 44.0. The van der Waals surface area contributed by atoms with E-state index in [4.69, 9.17) is 4.42 Å². The highest BCUT2D eigenvalue weighted by Crippen LogP contribution is 2.32. The lowest BCUT2D eigenvalue weighted by Crippen LogP contribution is -2.22. The lowest BCUT2D eigenvalue weighted by Gasteiger charge is -2.08. The van der Waals surface area contributed by atoms with E-state index in [1.165, 1.54) is 25.1 Å². The van der Waals surface area contributed by atoms with Crippen molar-refractivity contribution >= 4 is 16.9 Å². The molecule has 2 aromatic carbocycles. The van der Waals surface area contributed by atoms with Gasteiger partial charge in [0.2, 0.25) is 5.91 Å². The second kappa shape index (κ2) is 7.34. The van der Waals surface area contributed by atoms with Crippen LogP contribution in [0, 0.1) is 0 Å². The van der Waals surface area contributed by atoms with Crippen molar-refractivity contribution in [2.24, 2.45) is 0 Å². The first kappa shape index (κ1) is 18.8. The third-order valence-corrected chi connectivity index (χ3v) is 4.25. The highest BCUT2D eigenvalue weighted by Gasteiger charge is 2.30. The van der Waals surface area contributed by atoms with E-state index >= 15 is 0 Å². The second-order valence-electron chi connectivity index (χ2n) is 6.29. The Kier molecular flexibility index (Phi) is 5.12. The minimum Gasteiger partial charge on any atom is -0.508 e. The summed E-state index contributed by atoms with van der Waals surface area (Å²) in [5, 5.41) is 13.2. The van der Waals surface area contributed by atoms with Crippen molar-refractivity contribution in [2.45, 2.75) is 25.9 Å². The predicted molar refractivity (Wildman–Crippen MR) is 94.5 cm³/mol. The van der Waals surface area contributed by atoms with E-state index in [2.05, 4.69) is 5.32 Å². The van der Waals surface area contributed by atoms with Crippen LogP contribution in [0.25, 0.3) is 11.0 Å². The smallest absolute Gasteiger partial charge is 0.416 e. The number of carbonyl (C=O) groups excluding carboxylic acids is 1. The highest BCUT2D eigenvalue weighted by atomic mass is 19.4. The Hall–Kier alpha value is -2.96. The molecule has 0 radical (unpaired) electrons. The van der Waals surface area contributed by atoms with Crippen LogP contribution < -0.4 is 5.32 Å². The predicted octanol–water partition coefficient (Wildman–Crippen LogP) is 4.43. The van der Waals surface area contributed by atoms with Crippen LogP contribution in [-0.4, -0.2) is 17.6 Å². The summed E-state index contributed by atoms with van der Waals surface area (Å²) in [6.07, 6.45) is -3.59. The summed E-state index contributed by atoms with van der Waals surface area (Å²) in [6, 6.07) is 9.66. The number of carbonyl (C=O) groups is 1. The fourth-order valence-corrected chi connectivity index (χ4v) is 2.96. The molecule has 142 valence electrons. The Morgan fingerprint density at radius 3 is 2.48 bits per heavy atom. The van der Waals surface area contributed by atoms with Gasteiger partial charge in [0.05, 0.1) is 5.56 Å². The molecule has 1 aromatic heterocycles. The number of halogens is 3. The number of aromatic hydroxyl groups is 1. The van der Waals surface area contributed by atoms with Gasteiger partial charge in [-0.15, -0.1) is 0 Å². The van der Waals surface area contributed by atoms with Crippen LogP contribution in [0.1, 0.15) is 29.4 Å². The van der Waals surface area contributed by atoms with Gasteiger partial charge in [0.15, 0.2) is 0 Å². The molecule has 1 amide bonds. The fourth-order valence-electron chi connectivity index (χ4n) is 2.96. The summed E-state index contributed by atoms with van der Waals surface area (Å²) in [5.41, 5.74) is 1.36. The fraction of sp³-hybridized carbons (Fsp3) is 0.250. The largest absolute Gasteiger partial charge is 0.508 e. The van der Waals surface area contributed by atoms with Crippen LogP contribution in [0.5, 0.6) is 5.75 Å². The number of nitrogens with one attached hydrogen (secondary N) is 1. The number of fused-ring (bicyclic) bond motifs is 1. The molecule has 0 saturated carbocycles. The maximum Gasteiger partial charge on any atom is 0.416 e. The van der Waals surface area contributed by atoms with E-state index in [9.17, 15) is 23.1 Å². The third kappa shape index (κ3) is 4.42. The molecule has 0 aliphatic heterocycles. The van der Waals surface area contributed by atoms with Crippen molar-refractivity contribution in [3.63, 3.8) is 0 Å². The van der Waals surface area contributed by atoms with Gasteiger partial charge in [-0.05, 0) is 42.3 Å². The second-order valence-corrected chi connectivity index (χ2v) is 6.29. The Labute approximate surface area is 153 Å². The minimum absolute atomic E-state index is 0.0881. The van der Waals surface area contributed by atoms with E-state index in [1.54, 1.807) is 12.1 Å². The molecule has 0 aliphatic carbocycles. The van der Waals surface area contributed by atoms with Gasteiger partial charge in [-0.2, -0.15) is 13.2 Å². The van der Waals surface area contributed by atoms with Crippen molar-refractivity contribution in [3.8, 4) is 5.75 Å². The standard InChI is InChI=1S/C20H18F3NO3/c1-12(25)24-9-8-16-17-11-15(26)6-7-18(17)27-19(16)10-13-2-4-14(5-3-13)20(21,22)23/h2-7,11,26H,8-10H2,1H3,(H,24,25). The zero-order valence-corrected chi connectivity index (χ0v) is 14.6. The van der Waals surface area contributed by atoms with E-state index in [-0.39, 0.29) is 11.7 Å². The van der Waals surface area contributed by atoms with E-state index in [0.717, 1.165) is 23.1 Å². The molecular formula is C20H18F3NO3. The van der Waals surface area contributed by atoms with Crippen molar-refractivity contribution in [3.05, 3.63) is 64.9 Å². The van der Waals surface area contributed by atoms with Crippen molar-refractivity contribution < 1.29 is 27.5 Å². The van der Waals surface area contributed by atoms with Crippen LogP contribution in [0.3, 0.4) is 0 Å². The third-order valence-electron chi connectivity index (χ3n) is 4.25. The number of rotatable bonds is 5. The number of hydrogen-bond donors (Lipinski definition) is 2. The topological polar surface area (TPSA) is 62.5 Å². The molecule has 0 unspecified atom stereocenters. The molecule has 0 fully saturated rings. The van der Waals surface area contributed by atoms with E-state index < -0.39 is 11.7 Å². The van der Waals surface area contributed by atoms with Gasteiger partial charge >= 0.3 is 6.18 Å². The van der Waals surface area contributed by atoms with E-state index in [0.29, 0.717) is 36.3 Å². The minimum atomic E-state index is -4.38. The lowest BCUT2D eigenvalue weighted by molar-refractivity contribution is -0.137. The molecule has 0 atom stereocenters. The maximum atomic E-state index is 12.7. The molecule has 3 rings (SSSR count). The van der Waals surface area contributed by atoms with Crippen molar-refractivity contribution in [1.82, 2.24) is 5.32 Å². The summed E-state index contributed by atoms with van der Waals surface area (Å²) in [6.45, 7) is 1.81. The first-order valence-electron chi connectivity index (χ1n) is 8.38. The van der Waals surface area contributed by atoms with Crippen molar-refractivity contribution in [1.29, 1.82) is 0 Å². The van der Waals surface area contributed by atoms with Crippen LogP contribution in [0.4, 0.5) is 13.2 Å². The SMILES string of the molecule is CC(=O)NCCc1c(Cc2ccc(C(F)(F)F)cc2)oc2ccc(O)cc12. The maximum absolute atomic E-state index is 12.7. The molecule has 0 spiro atoms. The van der Waals surface area contributed by atoms with Crippen LogP contribution in [-0.2, 0) is 23.8 Å². The molecule has 0 aliphatic rings. The van der Waals surface area contributed by atoms with Crippen LogP contribution in [0.15, 0.2) is 46.9 Å². The van der Waals surface area contributed by atoms with Gasteiger partial charge in [-0.25, -0.2) is 0 Å². The van der Waals surface area contributed by atoms with E-state index in [1.807, 2.05) is 0 Å². The first-order valence-corrected chi connectivity index (χ1v) is 8.38. The number of benzene rings is 2. The van der Waals surface area contributed by atoms with Crippen molar-refractivity contribution in [2.75, 3.05) is 6.54 Å². The van der Waals surface area contributed by atoms with Gasteiger partial charge in [0.1, 0.15) is 17.1 Å². The Morgan fingerprint density at radius 1 is 1.15 bits per heavy atom. The van der Waals surface area contributed by atoms with Gasteiger partial charge in [-0.1, -0.05) is 12.1 Å². The molecule has 7 heteroatoms. The van der Waals surface area contributed by atoms with Gasteiger partial charge in [0, 0.05) is 30.8 Å². The summed E-state index contributed by atoms with van der Waals surface area (Å²) in [4.78, 5) is 11.1. The molecule has 1 heterocycles. The number of hydrogen-bond acceptors (Lipinski definition) is 3. The Morgan fingerprint density at radius 2 is 1.85 bits per heavy atom. The molecular weight excluding hydrogens is 359 g/mol. The first-order chi connectivity index (χ1) is 12.7. The number of phenolic OH excluding ortho intramolecular Hbond substituents is 1. The quantitative estimate of drug-likeness (QED) is 0.692. The van der Waals surface area contributed by atoms with Crippen LogP contribution >= 0.6 is 0 Å². The zero-order valence-electron chi connectivity index (χ0n) is 14.6. The Bertz CT molecular complexity index is 959. The summed E-state index contributed by atoms with van der Waals surface area (Å²) in [7, 11) is 0. The summed E-state index contributed by atoms with van der Waals surface area (Å²) >= 11 is 0. The zero-order chi connectivity index (χ0) is 19.6. The average molecular weight is 377 g/mol. The number of amides is 1. The van der Waals surface area contributed by atoms with Gasteiger partial charge in [-0.3, -0.25) is 4.79 Å². The summed E-state index contributed by atoms with van der Waals surface area (Å²) in [5.74, 6) is 0.529.